The fraction of sp³-hybridized carbons (Fsp3) is 0. The largest absolute Gasteiger partial charge is 0.289 e. The highest BCUT2D eigenvalue weighted by atomic mass is 16.6. The standard InChI is InChI=1S/C14H8N4O2/c19-9-6-7-15-12-10(9)11(8-4-2-1-3-5-8)16-14-13(12)17-20-18-14/h1-7H,(H,16,18). The van der Waals surface area contributed by atoms with Crippen LogP contribution in [0.25, 0.3) is 33.3 Å². The van der Waals surface area contributed by atoms with E-state index in [9.17, 15) is 4.79 Å². The smallest absolute Gasteiger partial charge is 0.195 e. The maximum atomic E-state index is 12.2. The summed E-state index contributed by atoms with van der Waals surface area (Å²) in [6, 6.07) is 10.9. The fourth-order valence-corrected chi connectivity index (χ4v) is 2.26. The van der Waals surface area contributed by atoms with Crippen molar-refractivity contribution >= 4 is 22.1 Å². The normalized spacial score (nSPS) is 11.2. The van der Waals surface area contributed by atoms with Crippen molar-refractivity contribution < 1.29 is 4.63 Å². The molecule has 0 aliphatic carbocycles. The van der Waals surface area contributed by atoms with E-state index in [1.807, 2.05) is 30.3 Å². The number of rotatable bonds is 1. The number of hydrogen-bond donors (Lipinski definition) is 1. The van der Waals surface area contributed by atoms with Crippen molar-refractivity contribution in [3.05, 3.63) is 52.8 Å². The van der Waals surface area contributed by atoms with E-state index in [-0.39, 0.29) is 5.43 Å². The van der Waals surface area contributed by atoms with Crippen molar-refractivity contribution in [3.63, 3.8) is 0 Å². The predicted molar refractivity (Wildman–Crippen MR) is 73.2 cm³/mol. The Labute approximate surface area is 112 Å². The molecule has 0 bridgehead atoms. The zero-order valence-corrected chi connectivity index (χ0v) is 10.2. The molecule has 4 aromatic rings. The molecule has 96 valence electrons. The summed E-state index contributed by atoms with van der Waals surface area (Å²) in [6.45, 7) is 0. The minimum absolute atomic E-state index is 0.133. The molecular weight excluding hydrogens is 256 g/mol. The Morgan fingerprint density at radius 2 is 1.90 bits per heavy atom. The van der Waals surface area contributed by atoms with Gasteiger partial charge in [0.25, 0.3) is 0 Å². The number of aromatic amines is 1. The molecule has 4 rings (SSSR count). The van der Waals surface area contributed by atoms with Crippen LogP contribution in [0.3, 0.4) is 0 Å². The van der Waals surface area contributed by atoms with Gasteiger partial charge in [-0.25, -0.2) is 4.98 Å². The van der Waals surface area contributed by atoms with Crippen LogP contribution in [0.1, 0.15) is 0 Å². The number of H-pyrrole nitrogens is 1. The van der Waals surface area contributed by atoms with Gasteiger partial charge in [-0.3, -0.25) is 14.4 Å². The zero-order chi connectivity index (χ0) is 13.5. The summed E-state index contributed by atoms with van der Waals surface area (Å²) in [6.07, 6.45) is 1.47. The number of aromatic nitrogens is 4. The Kier molecular flexibility index (Phi) is 2.17. The molecule has 0 saturated carbocycles. The predicted octanol–water partition coefficient (Wildman–Crippen LogP) is 2.13. The summed E-state index contributed by atoms with van der Waals surface area (Å²) >= 11 is 0. The lowest BCUT2D eigenvalue weighted by Crippen LogP contribution is -2.04. The molecule has 0 saturated heterocycles. The van der Waals surface area contributed by atoms with Gasteiger partial charge in [-0.1, -0.05) is 30.3 Å². The minimum Gasteiger partial charge on any atom is -0.289 e. The number of pyridine rings is 2. The highest BCUT2D eigenvalue weighted by molar-refractivity contribution is 6.05. The highest BCUT2D eigenvalue weighted by Crippen LogP contribution is 2.27. The third-order valence-corrected chi connectivity index (χ3v) is 3.15. The van der Waals surface area contributed by atoms with Gasteiger partial charge in [-0.05, 0) is 5.16 Å². The average Bonchev–Trinajstić information content (AvgIpc) is 2.96. The fourth-order valence-electron chi connectivity index (χ4n) is 2.26. The monoisotopic (exact) mass is 264 g/mol. The summed E-state index contributed by atoms with van der Waals surface area (Å²) in [4.78, 5) is 20.9. The molecule has 0 atom stereocenters. The molecule has 1 aromatic carbocycles. The second-order valence-electron chi connectivity index (χ2n) is 4.34. The molecule has 0 aliphatic heterocycles. The molecule has 20 heavy (non-hydrogen) atoms. The lowest BCUT2D eigenvalue weighted by atomic mass is 10.1. The molecule has 0 spiro atoms. The van der Waals surface area contributed by atoms with Crippen LogP contribution in [0.2, 0.25) is 0 Å². The van der Waals surface area contributed by atoms with E-state index in [0.29, 0.717) is 27.8 Å². The third-order valence-electron chi connectivity index (χ3n) is 3.15. The average molecular weight is 264 g/mol. The van der Waals surface area contributed by atoms with Crippen molar-refractivity contribution in [2.75, 3.05) is 0 Å². The topological polar surface area (TPSA) is 84.7 Å². The van der Waals surface area contributed by atoms with Gasteiger partial charge in [-0.2, -0.15) is 5.16 Å². The van der Waals surface area contributed by atoms with E-state index in [1.165, 1.54) is 12.3 Å². The van der Waals surface area contributed by atoms with E-state index in [1.54, 1.807) is 0 Å². The Hall–Kier alpha value is -3.02. The first-order valence-electron chi connectivity index (χ1n) is 6.03. The van der Waals surface area contributed by atoms with Gasteiger partial charge >= 0.3 is 0 Å². The molecular formula is C14H8N4O2. The first-order chi connectivity index (χ1) is 9.84. The molecule has 0 unspecified atom stereocenters. The minimum atomic E-state index is -0.133. The highest BCUT2D eigenvalue weighted by Gasteiger charge is 2.16. The first-order valence-corrected chi connectivity index (χ1v) is 6.03. The van der Waals surface area contributed by atoms with E-state index in [4.69, 9.17) is 4.63 Å². The number of nitrogens with zero attached hydrogens (tertiary/aromatic N) is 3. The first kappa shape index (κ1) is 10.9. The summed E-state index contributed by atoms with van der Waals surface area (Å²) in [7, 11) is 0. The number of fused-ring (bicyclic) bond motifs is 3. The summed E-state index contributed by atoms with van der Waals surface area (Å²) in [5.41, 5.74) is 2.70. The van der Waals surface area contributed by atoms with Crippen molar-refractivity contribution in [1.29, 1.82) is 0 Å². The molecule has 0 radical (unpaired) electrons. The molecule has 3 heterocycles. The van der Waals surface area contributed by atoms with Crippen molar-refractivity contribution in [2.45, 2.75) is 0 Å². The number of nitrogens with one attached hydrogen (secondary N) is 1. The Balaban J connectivity index is 2.26. The van der Waals surface area contributed by atoms with Crippen LogP contribution in [-0.2, 0) is 0 Å². The molecule has 6 nitrogen and oxygen atoms in total. The third kappa shape index (κ3) is 1.45. The second-order valence-corrected chi connectivity index (χ2v) is 4.34. The van der Waals surface area contributed by atoms with Gasteiger partial charge < -0.3 is 0 Å². The molecule has 0 amide bonds. The molecule has 3 aromatic heterocycles. The van der Waals surface area contributed by atoms with Crippen LogP contribution in [0.5, 0.6) is 0 Å². The molecule has 0 fully saturated rings. The van der Waals surface area contributed by atoms with Gasteiger partial charge in [0.15, 0.2) is 16.6 Å². The van der Waals surface area contributed by atoms with Gasteiger partial charge in [0.2, 0.25) is 0 Å². The van der Waals surface area contributed by atoms with Crippen LogP contribution in [0.4, 0.5) is 0 Å². The Morgan fingerprint density at radius 1 is 1.05 bits per heavy atom. The van der Waals surface area contributed by atoms with E-state index in [2.05, 4.69) is 20.3 Å². The van der Waals surface area contributed by atoms with E-state index in [0.717, 1.165) is 5.56 Å². The van der Waals surface area contributed by atoms with Crippen molar-refractivity contribution in [3.8, 4) is 11.3 Å². The Bertz CT molecular complexity index is 973. The van der Waals surface area contributed by atoms with Crippen LogP contribution in [0, 0.1) is 0 Å². The summed E-state index contributed by atoms with van der Waals surface area (Å²) < 4.78 is 4.82. The van der Waals surface area contributed by atoms with Crippen LogP contribution >= 0.6 is 0 Å². The molecule has 0 aliphatic rings. The molecule has 6 heteroatoms. The van der Waals surface area contributed by atoms with Gasteiger partial charge in [-0.15, -0.1) is 0 Å². The van der Waals surface area contributed by atoms with Crippen LogP contribution < -0.4 is 5.43 Å². The van der Waals surface area contributed by atoms with Gasteiger partial charge in [0.05, 0.1) is 11.1 Å². The van der Waals surface area contributed by atoms with Crippen LogP contribution in [-0.4, -0.2) is 20.3 Å². The lowest BCUT2D eigenvalue weighted by Gasteiger charge is -2.04. The number of benzene rings is 1. The van der Waals surface area contributed by atoms with Crippen molar-refractivity contribution in [1.82, 2.24) is 20.3 Å². The number of hydrogen-bond acceptors (Lipinski definition) is 5. The lowest BCUT2D eigenvalue weighted by molar-refractivity contribution is 0.315. The molecule has 1 N–H and O–H groups in total. The second kappa shape index (κ2) is 3.99. The zero-order valence-electron chi connectivity index (χ0n) is 10.2. The van der Waals surface area contributed by atoms with Crippen LogP contribution in [0.15, 0.2) is 52.0 Å². The maximum Gasteiger partial charge on any atom is 0.195 e. The van der Waals surface area contributed by atoms with Gasteiger partial charge in [0.1, 0.15) is 5.52 Å². The van der Waals surface area contributed by atoms with Gasteiger partial charge in [0, 0.05) is 17.8 Å². The quantitative estimate of drug-likeness (QED) is 0.569. The maximum absolute atomic E-state index is 12.2. The Morgan fingerprint density at radius 3 is 2.75 bits per heavy atom. The summed E-state index contributed by atoms with van der Waals surface area (Å²) in [5.74, 6) is 0. The van der Waals surface area contributed by atoms with E-state index >= 15 is 0 Å². The van der Waals surface area contributed by atoms with Crippen molar-refractivity contribution in [2.24, 2.45) is 0 Å². The SMILES string of the molecule is O=c1ccnc2c1c(-c1ccccc1)nc1[nH]onc12. The summed E-state index contributed by atoms with van der Waals surface area (Å²) in [5, 5.41) is 6.88. The van der Waals surface area contributed by atoms with E-state index < -0.39 is 0 Å².